The van der Waals surface area contributed by atoms with Gasteiger partial charge in [0.05, 0.1) is 26.2 Å². The van der Waals surface area contributed by atoms with E-state index in [1.54, 1.807) is 38.5 Å². The number of hydrogen-bond acceptors (Lipinski definition) is 6. The van der Waals surface area contributed by atoms with Gasteiger partial charge in [0.1, 0.15) is 17.4 Å². The Morgan fingerprint density at radius 3 is 2.52 bits per heavy atom. The van der Waals surface area contributed by atoms with Crippen LogP contribution in [0.3, 0.4) is 0 Å². The first-order chi connectivity index (χ1) is 13.0. The molecule has 4 rings (SSSR count). The normalized spacial score (nSPS) is 16.0. The number of hydrogen-bond donors (Lipinski definition) is 0. The van der Waals surface area contributed by atoms with Crippen molar-refractivity contribution in [2.45, 2.75) is 19.4 Å². The highest BCUT2D eigenvalue weighted by Crippen LogP contribution is 2.39. The predicted molar refractivity (Wildman–Crippen MR) is 99.1 cm³/mol. The van der Waals surface area contributed by atoms with Crippen LogP contribution in [0.5, 0.6) is 17.2 Å². The summed E-state index contributed by atoms with van der Waals surface area (Å²) < 4.78 is 21.9. The molecule has 1 aliphatic rings. The molecule has 2 heterocycles. The van der Waals surface area contributed by atoms with Gasteiger partial charge in [-0.25, -0.2) is 4.79 Å². The Morgan fingerprint density at radius 1 is 1.00 bits per heavy atom. The third-order valence-electron chi connectivity index (χ3n) is 4.77. The SMILES string of the molecule is COc1ccc(C2CC(=O)c3cc4c(C)cc(=O)oc4cc3O2)cc1OC. The maximum absolute atomic E-state index is 12.7. The fourth-order valence-electron chi connectivity index (χ4n) is 3.37. The van der Waals surface area contributed by atoms with Crippen molar-refractivity contribution in [2.24, 2.45) is 0 Å². The van der Waals surface area contributed by atoms with E-state index >= 15 is 0 Å². The van der Waals surface area contributed by atoms with E-state index in [1.807, 2.05) is 13.0 Å². The van der Waals surface area contributed by atoms with Gasteiger partial charge in [-0.2, -0.15) is 0 Å². The number of methoxy groups -OCH3 is 2. The second-order valence-electron chi connectivity index (χ2n) is 6.44. The molecule has 1 aliphatic heterocycles. The van der Waals surface area contributed by atoms with Crippen LogP contribution in [0.1, 0.15) is 34.0 Å². The number of carbonyl (C=O) groups excluding carboxylic acids is 1. The summed E-state index contributed by atoms with van der Waals surface area (Å²) in [6.07, 6.45) is -0.247. The highest BCUT2D eigenvalue weighted by atomic mass is 16.5. The number of benzene rings is 2. The molecule has 27 heavy (non-hydrogen) atoms. The van der Waals surface area contributed by atoms with Crippen molar-refractivity contribution in [2.75, 3.05) is 14.2 Å². The van der Waals surface area contributed by atoms with Gasteiger partial charge in [0, 0.05) is 17.5 Å². The van der Waals surface area contributed by atoms with Gasteiger partial charge in [0.25, 0.3) is 0 Å². The molecule has 0 aliphatic carbocycles. The van der Waals surface area contributed by atoms with Crippen molar-refractivity contribution in [1.29, 1.82) is 0 Å². The van der Waals surface area contributed by atoms with Gasteiger partial charge >= 0.3 is 5.63 Å². The van der Waals surface area contributed by atoms with E-state index in [-0.39, 0.29) is 12.2 Å². The van der Waals surface area contributed by atoms with E-state index in [9.17, 15) is 9.59 Å². The first-order valence-electron chi connectivity index (χ1n) is 8.50. The summed E-state index contributed by atoms with van der Waals surface area (Å²) in [5.41, 5.74) is 2.03. The molecule has 138 valence electrons. The Kier molecular flexibility index (Phi) is 4.11. The number of ether oxygens (including phenoxy) is 3. The quantitative estimate of drug-likeness (QED) is 0.656. The van der Waals surface area contributed by atoms with Crippen molar-refractivity contribution in [1.82, 2.24) is 0 Å². The summed E-state index contributed by atoms with van der Waals surface area (Å²) in [6.45, 7) is 1.81. The van der Waals surface area contributed by atoms with E-state index in [2.05, 4.69) is 0 Å². The van der Waals surface area contributed by atoms with Crippen LogP contribution in [0, 0.1) is 6.92 Å². The molecule has 1 aromatic heterocycles. The monoisotopic (exact) mass is 366 g/mol. The Hall–Kier alpha value is -3.28. The van der Waals surface area contributed by atoms with E-state index in [4.69, 9.17) is 18.6 Å². The number of carbonyl (C=O) groups is 1. The van der Waals surface area contributed by atoms with Gasteiger partial charge in [-0.1, -0.05) is 6.07 Å². The molecule has 0 amide bonds. The second-order valence-corrected chi connectivity index (χ2v) is 6.44. The molecule has 0 saturated carbocycles. The highest BCUT2D eigenvalue weighted by Gasteiger charge is 2.29. The average molecular weight is 366 g/mol. The van der Waals surface area contributed by atoms with Crippen LogP contribution in [-0.4, -0.2) is 20.0 Å². The maximum atomic E-state index is 12.7. The minimum absolute atomic E-state index is 0.0245. The maximum Gasteiger partial charge on any atom is 0.336 e. The van der Waals surface area contributed by atoms with Crippen molar-refractivity contribution < 1.29 is 23.4 Å². The molecule has 0 fully saturated rings. The molecule has 3 aromatic rings. The van der Waals surface area contributed by atoms with E-state index in [0.717, 1.165) is 16.5 Å². The molecule has 6 heteroatoms. The lowest BCUT2D eigenvalue weighted by molar-refractivity contribution is 0.0850. The Morgan fingerprint density at radius 2 is 1.78 bits per heavy atom. The fourth-order valence-corrected chi connectivity index (χ4v) is 3.37. The van der Waals surface area contributed by atoms with Gasteiger partial charge in [0.2, 0.25) is 0 Å². The first kappa shape index (κ1) is 17.1. The Bertz CT molecular complexity index is 1110. The zero-order valence-electron chi connectivity index (χ0n) is 15.2. The summed E-state index contributed by atoms with van der Waals surface area (Å²) in [4.78, 5) is 24.4. The van der Waals surface area contributed by atoms with Crippen LogP contribution in [-0.2, 0) is 0 Å². The third-order valence-corrected chi connectivity index (χ3v) is 4.77. The summed E-state index contributed by atoms with van der Waals surface area (Å²) in [7, 11) is 3.12. The first-order valence-corrected chi connectivity index (χ1v) is 8.50. The number of rotatable bonds is 3. The topological polar surface area (TPSA) is 75.0 Å². The summed E-state index contributed by atoms with van der Waals surface area (Å²) in [6, 6.07) is 10.2. The molecule has 0 bridgehead atoms. The molecule has 0 saturated heterocycles. The Labute approximate surface area is 155 Å². The smallest absolute Gasteiger partial charge is 0.336 e. The largest absolute Gasteiger partial charge is 0.493 e. The minimum atomic E-state index is -0.459. The standard InChI is InChI=1S/C21H18O6/c1-11-6-21(23)27-18-10-19-14(8-13(11)18)15(22)9-17(26-19)12-4-5-16(24-2)20(7-12)25-3/h4-8,10,17H,9H2,1-3H3. The molecular weight excluding hydrogens is 348 g/mol. The lowest BCUT2D eigenvalue weighted by atomic mass is 9.94. The van der Waals surface area contributed by atoms with Gasteiger partial charge in [0.15, 0.2) is 17.3 Å². The number of Topliss-reactive ketones (excluding diaryl/α,β-unsaturated/α-hetero) is 1. The zero-order valence-corrected chi connectivity index (χ0v) is 15.2. The van der Waals surface area contributed by atoms with Gasteiger partial charge in [-0.3, -0.25) is 4.79 Å². The van der Waals surface area contributed by atoms with Crippen molar-refractivity contribution >= 4 is 16.8 Å². The summed E-state index contributed by atoms with van der Waals surface area (Å²) in [5, 5.41) is 0.731. The third kappa shape index (κ3) is 2.93. The van der Waals surface area contributed by atoms with Crippen LogP contribution in [0.15, 0.2) is 45.6 Å². The van der Waals surface area contributed by atoms with Crippen LogP contribution >= 0.6 is 0 Å². The molecule has 0 spiro atoms. The van der Waals surface area contributed by atoms with Crippen LogP contribution in [0.4, 0.5) is 0 Å². The van der Waals surface area contributed by atoms with Crippen molar-refractivity contribution in [3.63, 3.8) is 0 Å². The van der Waals surface area contributed by atoms with Gasteiger partial charge in [-0.15, -0.1) is 0 Å². The van der Waals surface area contributed by atoms with Crippen molar-refractivity contribution in [3.8, 4) is 17.2 Å². The number of fused-ring (bicyclic) bond motifs is 2. The molecular formula is C21H18O6. The van der Waals surface area contributed by atoms with Gasteiger partial charge < -0.3 is 18.6 Å². The van der Waals surface area contributed by atoms with Gasteiger partial charge in [-0.05, 0) is 36.2 Å². The van der Waals surface area contributed by atoms with E-state index in [1.165, 1.54) is 6.07 Å². The summed E-state index contributed by atoms with van der Waals surface area (Å²) in [5.74, 6) is 1.56. The minimum Gasteiger partial charge on any atom is -0.493 e. The molecule has 0 radical (unpaired) electrons. The average Bonchev–Trinajstić information content (AvgIpc) is 2.66. The number of ketones is 1. The summed E-state index contributed by atoms with van der Waals surface area (Å²) >= 11 is 0. The molecule has 1 atom stereocenters. The van der Waals surface area contributed by atoms with E-state index < -0.39 is 11.7 Å². The van der Waals surface area contributed by atoms with Crippen molar-refractivity contribution in [3.05, 3.63) is 63.5 Å². The van der Waals surface area contributed by atoms with E-state index in [0.29, 0.717) is 28.4 Å². The predicted octanol–water partition coefficient (Wildman–Crippen LogP) is 3.83. The lowest BCUT2D eigenvalue weighted by Crippen LogP contribution is -2.20. The molecule has 6 nitrogen and oxygen atoms in total. The zero-order chi connectivity index (χ0) is 19.1. The van der Waals surface area contributed by atoms with Crippen LogP contribution in [0.25, 0.3) is 11.0 Å². The second kappa shape index (κ2) is 6.46. The number of aryl methyl sites for hydroxylation is 1. The van der Waals surface area contributed by atoms with Crippen LogP contribution in [0.2, 0.25) is 0 Å². The highest BCUT2D eigenvalue weighted by molar-refractivity contribution is 6.03. The molecule has 1 unspecified atom stereocenters. The van der Waals surface area contributed by atoms with Crippen LogP contribution < -0.4 is 19.8 Å². The lowest BCUT2D eigenvalue weighted by Gasteiger charge is -2.26. The molecule has 2 aromatic carbocycles. The Balaban J connectivity index is 1.77. The molecule has 0 N–H and O–H groups in total. The fraction of sp³-hybridized carbons (Fsp3) is 0.238.